The summed E-state index contributed by atoms with van der Waals surface area (Å²) in [5.41, 5.74) is 17.0. The van der Waals surface area contributed by atoms with Crippen LogP contribution in [0.3, 0.4) is 0 Å². The summed E-state index contributed by atoms with van der Waals surface area (Å²) in [7, 11) is 0. The third-order valence-corrected chi connectivity index (χ3v) is 2.93. The SMILES string of the molecule is CCOCc1nc(N)cc(Sc2nc(N)cc(N)n2)n1. The molecule has 8 nitrogen and oxygen atoms in total. The number of ether oxygens (including phenoxy) is 1. The Labute approximate surface area is 120 Å². The van der Waals surface area contributed by atoms with E-state index in [9.17, 15) is 0 Å². The van der Waals surface area contributed by atoms with Crippen molar-refractivity contribution in [1.82, 2.24) is 19.9 Å². The molecule has 0 saturated heterocycles. The van der Waals surface area contributed by atoms with E-state index in [0.717, 1.165) is 0 Å². The molecule has 106 valence electrons. The van der Waals surface area contributed by atoms with Gasteiger partial charge in [0.25, 0.3) is 0 Å². The summed E-state index contributed by atoms with van der Waals surface area (Å²) < 4.78 is 5.26. The van der Waals surface area contributed by atoms with Crippen LogP contribution in [-0.4, -0.2) is 26.5 Å². The third kappa shape index (κ3) is 3.93. The van der Waals surface area contributed by atoms with Gasteiger partial charge in [-0.2, -0.15) is 0 Å². The maximum atomic E-state index is 5.73. The van der Waals surface area contributed by atoms with Crippen LogP contribution in [0.25, 0.3) is 0 Å². The second kappa shape index (κ2) is 6.35. The highest BCUT2D eigenvalue weighted by Gasteiger charge is 2.08. The predicted molar refractivity (Wildman–Crippen MR) is 76.8 cm³/mol. The number of anilines is 3. The van der Waals surface area contributed by atoms with Crippen molar-refractivity contribution in [3.63, 3.8) is 0 Å². The Balaban J connectivity index is 2.21. The Hall–Kier alpha value is -2.13. The van der Waals surface area contributed by atoms with Gasteiger partial charge in [0.05, 0.1) is 0 Å². The van der Waals surface area contributed by atoms with E-state index in [1.807, 2.05) is 6.92 Å². The molecule has 0 unspecified atom stereocenters. The minimum absolute atomic E-state index is 0.301. The van der Waals surface area contributed by atoms with Crippen molar-refractivity contribution in [2.45, 2.75) is 23.7 Å². The van der Waals surface area contributed by atoms with Gasteiger partial charge in [0.2, 0.25) is 0 Å². The van der Waals surface area contributed by atoms with Gasteiger partial charge in [-0.3, -0.25) is 0 Å². The summed E-state index contributed by atoms with van der Waals surface area (Å²) >= 11 is 1.21. The van der Waals surface area contributed by atoms with E-state index in [1.54, 1.807) is 6.07 Å². The molecule has 0 aromatic carbocycles. The Morgan fingerprint density at radius 2 is 1.65 bits per heavy atom. The highest BCUT2D eigenvalue weighted by Crippen LogP contribution is 2.25. The lowest BCUT2D eigenvalue weighted by molar-refractivity contribution is 0.128. The van der Waals surface area contributed by atoms with Crippen molar-refractivity contribution in [2.75, 3.05) is 23.8 Å². The number of rotatable bonds is 5. The Morgan fingerprint density at radius 3 is 2.30 bits per heavy atom. The molecule has 20 heavy (non-hydrogen) atoms. The van der Waals surface area contributed by atoms with Crippen molar-refractivity contribution >= 4 is 29.2 Å². The molecule has 0 aliphatic rings. The van der Waals surface area contributed by atoms with Gasteiger partial charge in [-0.15, -0.1) is 0 Å². The monoisotopic (exact) mass is 293 g/mol. The maximum absolute atomic E-state index is 5.73. The first kappa shape index (κ1) is 14.3. The predicted octanol–water partition coefficient (Wildman–Crippen LogP) is 0.701. The van der Waals surface area contributed by atoms with Crippen LogP contribution in [0.15, 0.2) is 22.3 Å². The van der Waals surface area contributed by atoms with Gasteiger partial charge in [0, 0.05) is 18.7 Å². The van der Waals surface area contributed by atoms with Crippen molar-refractivity contribution in [3.05, 3.63) is 18.0 Å². The molecular formula is C11H15N7OS. The summed E-state index contributed by atoms with van der Waals surface area (Å²) in [6, 6.07) is 3.11. The van der Waals surface area contributed by atoms with E-state index >= 15 is 0 Å². The Bertz CT molecular complexity index is 587. The van der Waals surface area contributed by atoms with Gasteiger partial charge < -0.3 is 21.9 Å². The highest BCUT2D eigenvalue weighted by molar-refractivity contribution is 7.99. The van der Waals surface area contributed by atoms with Gasteiger partial charge in [0.15, 0.2) is 11.0 Å². The quantitative estimate of drug-likeness (QED) is 0.536. The third-order valence-electron chi connectivity index (χ3n) is 2.15. The lowest BCUT2D eigenvalue weighted by atomic mass is 10.5. The molecule has 0 radical (unpaired) electrons. The first-order valence-electron chi connectivity index (χ1n) is 5.86. The second-order valence-corrected chi connectivity index (χ2v) is 4.77. The minimum atomic E-state index is 0.301. The lowest BCUT2D eigenvalue weighted by Crippen LogP contribution is -2.04. The molecule has 2 rings (SSSR count). The van der Waals surface area contributed by atoms with Crippen molar-refractivity contribution in [1.29, 1.82) is 0 Å². The van der Waals surface area contributed by atoms with Crippen LogP contribution < -0.4 is 17.2 Å². The zero-order chi connectivity index (χ0) is 14.5. The second-order valence-electron chi connectivity index (χ2n) is 3.79. The van der Waals surface area contributed by atoms with Gasteiger partial charge >= 0.3 is 0 Å². The number of aromatic nitrogens is 4. The Morgan fingerprint density at radius 1 is 1.00 bits per heavy atom. The number of nitrogen functional groups attached to an aromatic ring is 3. The van der Waals surface area contributed by atoms with Crippen LogP contribution in [0, 0.1) is 0 Å². The molecule has 0 saturated carbocycles. The standard InChI is InChI=1S/C11H15N7OS/c1-2-19-5-9-15-8(14)4-10(18-9)20-11-16-6(12)3-7(13)17-11/h3-4H,2,5H2,1H3,(H2,14,15,18)(H4,12,13,16,17). The van der Waals surface area contributed by atoms with Crippen LogP contribution in [-0.2, 0) is 11.3 Å². The molecule has 0 bridgehead atoms. The molecule has 0 aliphatic heterocycles. The van der Waals surface area contributed by atoms with Crippen LogP contribution in [0.4, 0.5) is 17.5 Å². The number of hydrogen-bond acceptors (Lipinski definition) is 9. The number of hydrogen-bond donors (Lipinski definition) is 3. The summed E-state index contributed by atoms with van der Waals surface area (Å²) in [4.78, 5) is 16.5. The molecule has 0 atom stereocenters. The number of nitrogens with two attached hydrogens (primary N) is 3. The summed E-state index contributed by atoms with van der Waals surface area (Å²) in [5.74, 6) is 1.47. The van der Waals surface area contributed by atoms with E-state index in [-0.39, 0.29) is 0 Å². The fourth-order valence-corrected chi connectivity index (χ4v) is 2.22. The first-order chi connectivity index (χ1) is 9.56. The molecule has 2 heterocycles. The summed E-state index contributed by atoms with van der Waals surface area (Å²) in [6.07, 6.45) is 0. The maximum Gasteiger partial charge on any atom is 0.197 e. The molecule has 9 heteroatoms. The minimum Gasteiger partial charge on any atom is -0.384 e. The van der Waals surface area contributed by atoms with Gasteiger partial charge in [-0.1, -0.05) is 0 Å². The van der Waals surface area contributed by atoms with Crippen LogP contribution in [0.1, 0.15) is 12.7 Å². The molecule has 0 amide bonds. The van der Waals surface area contributed by atoms with Gasteiger partial charge in [0.1, 0.15) is 29.1 Å². The molecule has 2 aromatic heterocycles. The normalized spacial score (nSPS) is 10.7. The van der Waals surface area contributed by atoms with E-state index in [2.05, 4.69) is 19.9 Å². The molecule has 6 N–H and O–H groups in total. The molecule has 2 aromatic rings. The zero-order valence-corrected chi connectivity index (χ0v) is 11.7. The summed E-state index contributed by atoms with van der Waals surface area (Å²) in [5, 5.41) is 1.01. The van der Waals surface area contributed by atoms with E-state index < -0.39 is 0 Å². The lowest BCUT2D eigenvalue weighted by Gasteiger charge is -2.05. The fourth-order valence-electron chi connectivity index (χ4n) is 1.40. The number of nitrogens with zero attached hydrogens (tertiary/aromatic N) is 4. The van der Waals surface area contributed by atoms with E-state index in [4.69, 9.17) is 21.9 Å². The van der Waals surface area contributed by atoms with Crippen molar-refractivity contribution < 1.29 is 4.74 Å². The zero-order valence-electron chi connectivity index (χ0n) is 10.9. The fraction of sp³-hybridized carbons (Fsp3) is 0.273. The van der Waals surface area contributed by atoms with Crippen LogP contribution >= 0.6 is 11.8 Å². The molecular weight excluding hydrogens is 278 g/mol. The summed E-state index contributed by atoms with van der Waals surface area (Å²) in [6.45, 7) is 2.77. The first-order valence-corrected chi connectivity index (χ1v) is 6.67. The largest absolute Gasteiger partial charge is 0.384 e. The van der Waals surface area contributed by atoms with Gasteiger partial charge in [-0.25, -0.2) is 19.9 Å². The highest BCUT2D eigenvalue weighted by atomic mass is 32.2. The molecule has 0 fully saturated rings. The van der Waals surface area contributed by atoms with Crippen LogP contribution in [0.2, 0.25) is 0 Å². The molecule has 0 spiro atoms. The van der Waals surface area contributed by atoms with Crippen molar-refractivity contribution in [3.8, 4) is 0 Å². The van der Waals surface area contributed by atoms with Gasteiger partial charge in [-0.05, 0) is 18.7 Å². The topological polar surface area (TPSA) is 139 Å². The van der Waals surface area contributed by atoms with E-state index in [1.165, 1.54) is 17.8 Å². The average Bonchev–Trinajstić information content (AvgIpc) is 2.34. The van der Waals surface area contributed by atoms with E-state index in [0.29, 0.717) is 46.7 Å². The smallest absolute Gasteiger partial charge is 0.197 e. The Kier molecular flexibility index (Phi) is 4.53. The average molecular weight is 293 g/mol. The van der Waals surface area contributed by atoms with Crippen LogP contribution in [0.5, 0.6) is 0 Å². The van der Waals surface area contributed by atoms with Crippen molar-refractivity contribution in [2.24, 2.45) is 0 Å². The molecule has 0 aliphatic carbocycles.